The van der Waals surface area contributed by atoms with Crippen LogP contribution in [0.15, 0.2) is 16.6 Å². The van der Waals surface area contributed by atoms with Crippen LogP contribution < -0.4 is 10.6 Å². The molecule has 0 aromatic heterocycles. The van der Waals surface area contributed by atoms with E-state index in [1.54, 1.807) is 0 Å². The molecule has 112 valence electrons. The Morgan fingerprint density at radius 1 is 1.20 bits per heavy atom. The zero-order valence-electron chi connectivity index (χ0n) is 13.0. The molecule has 0 aliphatic heterocycles. The van der Waals surface area contributed by atoms with Gasteiger partial charge in [-0.2, -0.15) is 0 Å². The molecular formula is C16H25BrN2O. The highest BCUT2D eigenvalue weighted by atomic mass is 79.9. The second-order valence-electron chi connectivity index (χ2n) is 5.75. The fraction of sp³-hybridized carbons (Fsp3) is 0.562. The summed E-state index contributed by atoms with van der Waals surface area (Å²) in [6, 6.07) is 3.87. The van der Waals surface area contributed by atoms with Gasteiger partial charge in [-0.25, -0.2) is 0 Å². The Kier molecular flexibility index (Phi) is 6.53. The molecule has 1 aromatic rings. The molecule has 20 heavy (non-hydrogen) atoms. The van der Waals surface area contributed by atoms with Crippen molar-refractivity contribution in [2.45, 2.75) is 47.1 Å². The molecule has 1 rings (SSSR count). The van der Waals surface area contributed by atoms with Gasteiger partial charge in [-0.3, -0.25) is 4.79 Å². The molecule has 0 aliphatic rings. The Hall–Kier alpha value is -1.03. The third-order valence-corrected chi connectivity index (χ3v) is 3.73. The Balaban J connectivity index is 2.62. The lowest BCUT2D eigenvalue weighted by Gasteiger charge is -2.19. The topological polar surface area (TPSA) is 41.1 Å². The van der Waals surface area contributed by atoms with Crippen LogP contribution in [-0.4, -0.2) is 18.5 Å². The van der Waals surface area contributed by atoms with Crippen molar-refractivity contribution in [2.24, 2.45) is 5.92 Å². The van der Waals surface area contributed by atoms with Gasteiger partial charge in [0.05, 0.1) is 0 Å². The average Bonchev–Trinajstić information content (AvgIpc) is 2.32. The molecular weight excluding hydrogens is 316 g/mol. The maximum atomic E-state index is 12.0. The second kappa shape index (κ2) is 7.67. The van der Waals surface area contributed by atoms with Crippen molar-refractivity contribution >= 4 is 27.5 Å². The van der Waals surface area contributed by atoms with Gasteiger partial charge in [0.15, 0.2) is 0 Å². The van der Waals surface area contributed by atoms with Crippen molar-refractivity contribution < 1.29 is 4.79 Å². The molecule has 1 amide bonds. The molecule has 0 fully saturated rings. The smallest absolute Gasteiger partial charge is 0.242 e. The minimum Gasteiger partial charge on any atom is -0.373 e. The molecule has 1 aromatic carbocycles. The second-order valence-corrected chi connectivity index (χ2v) is 6.67. The molecule has 0 bridgehead atoms. The van der Waals surface area contributed by atoms with Crippen LogP contribution in [0.1, 0.15) is 38.3 Å². The summed E-state index contributed by atoms with van der Waals surface area (Å²) in [4.78, 5) is 12.0. The van der Waals surface area contributed by atoms with Crippen LogP contribution in [-0.2, 0) is 4.79 Å². The van der Waals surface area contributed by atoms with Gasteiger partial charge in [0, 0.05) is 16.7 Å². The summed E-state index contributed by atoms with van der Waals surface area (Å²) in [7, 11) is 0. The van der Waals surface area contributed by atoms with E-state index < -0.39 is 0 Å². The number of anilines is 1. The summed E-state index contributed by atoms with van der Waals surface area (Å²) in [5, 5.41) is 6.28. The van der Waals surface area contributed by atoms with E-state index in [-0.39, 0.29) is 11.9 Å². The molecule has 0 saturated carbocycles. The largest absolute Gasteiger partial charge is 0.373 e. The van der Waals surface area contributed by atoms with Gasteiger partial charge in [-0.05, 0) is 56.4 Å². The Morgan fingerprint density at radius 3 is 2.25 bits per heavy atom. The number of carbonyl (C=O) groups is 1. The summed E-state index contributed by atoms with van der Waals surface area (Å²) in [5.74, 6) is 0.655. The number of halogens is 1. The van der Waals surface area contributed by atoms with Crippen molar-refractivity contribution in [3.05, 3.63) is 27.7 Å². The molecule has 0 saturated heterocycles. The number of carbonyl (C=O) groups excluding carboxylic acids is 1. The number of amides is 1. The maximum absolute atomic E-state index is 12.0. The van der Waals surface area contributed by atoms with Crippen molar-refractivity contribution in [1.82, 2.24) is 5.32 Å². The van der Waals surface area contributed by atoms with E-state index >= 15 is 0 Å². The molecule has 1 unspecified atom stereocenters. The van der Waals surface area contributed by atoms with Gasteiger partial charge >= 0.3 is 0 Å². The van der Waals surface area contributed by atoms with Crippen LogP contribution in [0, 0.1) is 19.8 Å². The third-order valence-electron chi connectivity index (χ3n) is 3.27. The number of rotatable bonds is 6. The van der Waals surface area contributed by atoms with Gasteiger partial charge in [-0.15, -0.1) is 0 Å². The minimum atomic E-state index is -0.235. The van der Waals surface area contributed by atoms with Gasteiger partial charge in [0.25, 0.3) is 0 Å². The zero-order valence-corrected chi connectivity index (χ0v) is 14.6. The Morgan fingerprint density at radius 2 is 1.75 bits per heavy atom. The van der Waals surface area contributed by atoms with Crippen molar-refractivity contribution in [3.8, 4) is 0 Å². The van der Waals surface area contributed by atoms with Crippen molar-refractivity contribution in [2.75, 3.05) is 11.9 Å². The standard InChI is InChI=1S/C16H25BrN2O/c1-10(2)6-7-18-16(20)13(5)19-15-11(3)8-14(17)9-12(15)4/h8-10,13,19H,6-7H2,1-5H3,(H,18,20). The zero-order chi connectivity index (χ0) is 15.3. The Bertz CT molecular complexity index is 449. The molecule has 2 N–H and O–H groups in total. The lowest BCUT2D eigenvalue weighted by atomic mass is 10.1. The summed E-state index contributed by atoms with van der Waals surface area (Å²) in [6.45, 7) is 11.0. The third kappa shape index (κ3) is 5.16. The molecule has 4 heteroatoms. The first-order valence-corrected chi connectivity index (χ1v) is 7.91. The lowest BCUT2D eigenvalue weighted by Crippen LogP contribution is -2.38. The van der Waals surface area contributed by atoms with E-state index in [0.717, 1.165) is 34.3 Å². The predicted octanol–water partition coefficient (Wildman–Crippen LogP) is 4.03. The van der Waals surface area contributed by atoms with E-state index in [1.807, 2.05) is 20.8 Å². The molecule has 0 spiro atoms. The van der Waals surface area contributed by atoms with Gasteiger partial charge < -0.3 is 10.6 Å². The number of benzene rings is 1. The van der Waals surface area contributed by atoms with Crippen LogP contribution in [0.5, 0.6) is 0 Å². The highest BCUT2D eigenvalue weighted by Gasteiger charge is 2.14. The van der Waals surface area contributed by atoms with Crippen molar-refractivity contribution in [3.63, 3.8) is 0 Å². The first-order valence-electron chi connectivity index (χ1n) is 7.12. The summed E-state index contributed by atoms with van der Waals surface area (Å²) in [6.07, 6.45) is 1.01. The normalized spacial score (nSPS) is 12.3. The minimum absolute atomic E-state index is 0.0485. The van der Waals surface area contributed by atoms with E-state index in [1.165, 1.54) is 0 Å². The number of aryl methyl sites for hydroxylation is 2. The Labute approximate surface area is 130 Å². The monoisotopic (exact) mass is 340 g/mol. The molecule has 0 heterocycles. The van der Waals surface area contributed by atoms with E-state index in [0.29, 0.717) is 5.92 Å². The van der Waals surface area contributed by atoms with E-state index in [2.05, 4.69) is 52.5 Å². The average molecular weight is 341 g/mol. The van der Waals surface area contributed by atoms with Gasteiger partial charge in [0.2, 0.25) is 5.91 Å². The molecule has 3 nitrogen and oxygen atoms in total. The summed E-state index contributed by atoms with van der Waals surface area (Å²) >= 11 is 3.48. The lowest BCUT2D eigenvalue weighted by molar-refractivity contribution is -0.121. The van der Waals surface area contributed by atoms with Crippen LogP contribution in [0.25, 0.3) is 0 Å². The molecule has 1 atom stereocenters. The van der Waals surface area contributed by atoms with Crippen LogP contribution in [0.4, 0.5) is 5.69 Å². The fourth-order valence-electron chi connectivity index (χ4n) is 2.06. The first-order chi connectivity index (χ1) is 9.31. The highest BCUT2D eigenvalue weighted by Crippen LogP contribution is 2.25. The molecule has 0 aliphatic carbocycles. The number of nitrogens with one attached hydrogen (secondary N) is 2. The fourth-order valence-corrected chi connectivity index (χ4v) is 2.74. The van der Waals surface area contributed by atoms with Crippen LogP contribution >= 0.6 is 15.9 Å². The van der Waals surface area contributed by atoms with Gasteiger partial charge in [0.1, 0.15) is 6.04 Å². The number of hydrogen-bond acceptors (Lipinski definition) is 2. The SMILES string of the molecule is Cc1cc(Br)cc(C)c1NC(C)C(=O)NCCC(C)C. The van der Waals surface area contributed by atoms with Gasteiger partial charge in [-0.1, -0.05) is 29.8 Å². The summed E-state index contributed by atoms with van der Waals surface area (Å²) < 4.78 is 1.06. The summed E-state index contributed by atoms with van der Waals surface area (Å²) in [5.41, 5.74) is 3.32. The van der Waals surface area contributed by atoms with Crippen molar-refractivity contribution in [1.29, 1.82) is 0 Å². The first kappa shape index (κ1) is 17.0. The van der Waals surface area contributed by atoms with E-state index in [9.17, 15) is 4.79 Å². The highest BCUT2D eigenvalue weighted by molar-refractivity contribution is 9.10. The van der Waals surface area contributed by atoms with E-state index in [4.69, 9.17) is 0 Å². The maximum Gasteiger partial charge on any atom is 0.242 e. The predicted molar refractivity (Wildman–Crippen MR) is 89.2 cm³/mol. The van der Waals surface area contributed by atoms with Crippen LogP contribution in [0.2, 0.25) is 0 Å². The van der Waals surface area contributed by atoms with Crippen LogP contribution in [0.3, 0.4) is 0 Å². The number of hydrogen-bond donors (Lipinski definition) is 2. The molecule has 0 radical (unpaired) electrons. The quantitative estimate of drug-likeness (QED) is 0.820.